The van der Waals surface area contributed by atoms with Gasteiger partial charge in [0.05, 0.1) is 28.8 Å². The summed E-state index contributed by atoms with van der Waals surface area (Å²) in [6.07, 6.45) is 9.01. The first-order valence-electron chi connectivity index (χ1n) is 21.9. The van der Waals surface area contributed by atoms with Crippen molar-refractivity contribution in [1.82, 2.24) is 44.0 Å². The number of rotatable bonds is 14. The van der Waals surface area contributed by atoms with Crippen LogP contribution in [0.2, 0.25) is 0 Å². The van der Waals surface area contributed by atoms with Crippen molar-refractivity contribution in [2.75, 3.05) is 43.9 Å². The molecule has 0 bridgehead atoms. The number of carbonyl (C=O) groups excluding carboxylic acids is 2. The lowest BCUT2D eigenvalue weighted by Crippen LogP contribution is -2.47. The van der Waals surface area contributed by atoms with Crippen LogP contribution >= 0.6 is 0 Å². The Kier molecular flexibility index (Phi) is 12.0. The maximum Gasteiger partial charge on any atom is 0.329 e. The number of aliphatic hydroxyl groups excluding tert-OH is 1. The highest BCUT2D eigenvalue weighted by Gasteiger charge is 2.33. The molecule has 9 rings (SSSR count). The van der Waals surface area contributed by atoms with Gasteiger partial charge in [-0.3, -0.25) is 28.3 Å². The number of anilines is 2. The standard InChI is InChI=1S/C44H55F2N11O5/c1-53(30-15-18-55(19-16-30)23-29-4-3-5-34-39(29)54(2)44(61)57(34)35-12-13-37(58)51-42(35)60)22-27-8-10-31(11-9-27)56-24-32(38(52-56)40(45)46)49-41(59)33-25-62-43(50-33)28-14-17-47-36(20-28)48-21-26-6-7-26/h3-5,14,17,20,24-27,30-31,35,40,42,60H,6-13,15-16,18-19,21-23H2,1-2H3,(H,47,48)(H,49,59)(H,51,58). The van der Waals surface area contributed by atoms with Gasteiger partial charge in [-0.2, -0.15) is 5.10 Å². The number of alkyl halides is 2. The van der Waals surface area contributed by atoms with E-state index in [4.69, 9.17) is 4.42 Å². The number of para-hydroxylation sites is 1. The number of hydrogen-bond donors (Lipinski definition) is 4. The SMILES string of the molecule is CN(CC1CCC(n2cc(NC(=O)c3coc(-c4ccnc(NCC5CC5)c4)n3)c(C(F)F)n2)CC1)C1CCN(Cc2cccc3c2n(C)c(=O)n3C2CCC(=O)NC2O)CC1. The van der Waals surface area contributed by atoms with Crippen LogP contribution in [0.1, 0.15) is 104 Å². The summed E-state index contributed by atoms with van der Waals surface area (Å²) >= 11 is 0. The van der Waals surface area contributed by atoms with Gasteiger partial charge in [0.1, 0.15) is 18.3 Å². The maximum atomic E-state index is 14.2. The van der Waals surface area contributed by atoms with Crippen LogP contribution in [0, 0.1) is 11.8 Å². The van der Waals surface area contributed by atoms with Crippen molar-refractivity contribution in [2.24, 2.45) is 18.9 Å². The van der Waals surface area contributed by atoms with Gasteiger partial charge in [0.15, 0.2) is 11.4 Å². The summed E-state index contributed by atoms with van der Waals surface area (Å²) in [4.78, 5) is 52.1. The van der Waals surface area contributed by atoms with Crippen molar-refractivity contribution in [2.45, 2.75) is 102 Å². The molecule has 4 fully saturated rings. The molecule has 1 aromatic carbocycles. The quantitative estimate of drug-likeness (QED) is 0.108. The number of nitrogens with zero attached hydrogens (tertiary/aromatic N) is 8. The van der Waals surface area contributed by atoms with E-state index in [2.05, 4.69) is 53.9 Å². The predicted octanol–water partition coefficient (Wildman–Crippen LogP) is 5.70. The van der Waals surface area contributed by atoms with Crippen molar-refractivity contribution in [1.29, 1.82) is 0 Å². The van der Waals surface area contributed by atoms with Crippen molar-refractivity contribution < 1.29 is 27.9 Å². The van der Waals surface area contributed by atoms with E-state index in [1.165, 1.54) is 25.3 Å². The van der Waals surface area contributed by atoms with Crippen molar-refractivity contribution >= 4 is 34.4 Å². The molecule has 2 unspecified atom stereocenters. The molecule has 5 aromatic rings. The molecule has 4 N–H and O–H groups in total. The fraction of sp³-hybridized carbons (Fsp3) is 0.545. The highest BCUT2D eigenvalue weighted by molar-refractivity contribution is 6.03. The molecule has 2 atom stereocenters. The summed E-state index contributed by atoms with van der Waals surface area (Å²) in [6, 6.07) is 9.34. The number of oxazole rings is 1. The highest BCUT2D eigenvalue weighted by atomic mass is 19.3. The second-order valence-corrected chi connectivity index (χ2v) is 17.7. The van der Waals surface area contributed by atoms with Crippen LogP contribution in [0.4, 0.5) is 20.3 Å². The summed E-state index contributed by atoms with van der Waals surface area (Å²) in [6.45, 7) is 4.36. The maximum absolute atomic E-state index is 14.2. The number of carbonyl (C=O) groups is 2. The monoisotopic (exact) mass is 855 g/mol. The molecular formula is C44H55F2N11O5. The van der Waals surface area contributed by atoms with Crippen LogP contribution in [0.3, 0.4) is 0 Å². The number of pyridine rings is 1. The van der Waals surface area contributed by atoms with Crippen LogP contribution in [0.5, 0.6) is 0 Å². The van der Waals surface area contributed by atoms with E-state index < -0.39 is 30.3 Å². The number of amides is 2. The van der Waals surface area contributed by atoms with Crippen molar-refractivity contribution in [3.8, 4) is 11.5 Å². The molecule has 2 saturated heterocycles. The number of likely N-dealkylation sites (tertiary alicyclic amines) is 1. The first kappa shape index (κ1) is 41.9. The topological polar surface area (TPSA) is 181 Å². The number of imidazole rings is 1. The lowest BCUT2D eigenvalue weighted by Gasteiger charge is -2.39. The van der Waals surface area contributed by atoms with E-state index in [-0.39, 0.29) is 41.3 Å². The number of fused-ring (bicyclic) bond motifs is 1. The Morgan fingerprint density at radius 3 is 2.56 bits per heavy atom. The third kappa shape index (κ3) is 8.90. The highest BCUT2D eigenvalue weighted by Crippen LogP contribution is 2.36. The smallest absolute Gasteiger partial charge is 0.329 e. The second kappa shape index (κ2) is 17.7. The van der Waals surface area contributed by atoms with Crippen molar-refractivity contribution in [3.63, 3.8) is 0 Å². The van der Waals surface area contributed by atoms with Gasteiger partial charge < -0.3 is 30.4 Å². The summed E-state index contributed by atoms with van der Waals surface area (Å²) < 4.78 is 38.9. The van der Waals surface area contributed by atoms with Gasteiger partial charge in [0, 0.05) is 57.1 Å². The molecule has 2 aliphatic heterocycles. The predicted molar refractivity (Wildman–Crippen MR) is 228 cm³/mol. The van der Waals surface area contributed by atoms with E-state index in [0.717, 1.165) is 81.3 Å². The summed E-state index contributed by atoms with van der Waals surface area (Å²) in [7, 11) is 3.97. The van der Waals surface area contributed by atoms with Crippen LogP contribution in [-0.4, -0.2) is 101 Å². The normalized spacial score (nSPS) is 22.7. The van der Waals surface area contributed by atoms with Crippen LogP contribution in [0.15, 0.2) is 58.2 Å². The molecule has 4 aliphatic rings. The molecule has 0 spiro atoms. The molecule has 62 heavy (non-hydrogen) atoms. The number of hydrogen-bond acceptors (Lipinski definition) is 11. The molecule has 330 valence electrons. The number of benzene rings is 1. The molecule has 2 saturated carbocycles. The molecule has 2 aliphatic carbocycles. The Bertz CT molecular complexity index is 2460. The lowest BCUT2D eigenvalue weighted by molar-refractivity contribution is -0.128. The minimum atomic E-state index is -2.87. The van der Waals surface area contributed by atoms with E-state index in [1.807, 2.05) is 12.1 Å². The average Bonchev–Trinajstić information content (AvgIpc) is 3.67. The largest absolute Gasteiger partial charge is 0.444 e. The first-order chi connectivity index (χ1) is 30.0. The number of nitrogens with one attached hydrogen (secondary N) is 3. The summed E-state index contributed by atoms with van der Waals surface area (Å²) in [5, 5.41) is 23.4. The fourth-order valence-electron chi connectivity index (χ4n) is 9.69. The van der Waals surface area contributed by atoms with Gasteiger partial charge in [-0.1, -0.05) is 12.1 Å². The summed E-state index contributed by atoms with van der Waals surface area (Å²) in [5.41, 5.74) is 2.58. The Balaban J connectivity index is 0.759. The minimum Gasteiger partial charge on any atom is -0.444 e. The average molecular weight is 856 g/mol. The molecule has 16 nitrogen and oxygen atoms in total. The molecule has 18 heteroatoms. The van der Waals surface area contributed by atoms with Crippen LogP contribution < -0.4 is 21.6 Å². The summed E-state index contributed by atoms with van der Waals surface area (Å²) in [5.74, 6) is 1.19. The zero-order valence-corrected chi connectivity index (χ0v) is 35.2. The van der Waals surface area contributed by atoms with E-state index in [0.29, 0.717) is 42.2 Å². The van der Waals surface area contributed by atoms with Crippen LogP contribution in [0.25, 0.3) is 22.5 Å². The third-order valence-electron chi connectivity index (χ3n) is 13.4. The van der Waals surface area contributed by atoms with E-state index in [1.54, 1.807) is 39.2 Å². The second-order valence-electron chi connectivity index (χ2n) is 17.7. The molecular weight excluding hydrogens is 801 g/mol. The molecule has 0 radical (unpaired) electrons. The molecule has 4 aromatic heterocycles. The number of aromatic nitrogens is 6. The minimum absolute atomic E-state index is 0.0277. The van der Waals surface area contributed by atoms with E-state index in [9.17, 15) is 28.3 Å². The van der Waals surface area contributed by atoms with Gasteiger partial charge in [-0.25, -0.2) is 23.5 Å². The van der Waals surface area contributed by atoms with Crippen LogP contribution in [-0.2, 0) is 18.4 Å². The number of aliphatic hydroxyl groups is 1. The van der Waals surface area contributed by atoms with Gasteiger partial charge in [-0.05, 0) is 114 Å². The van der Waals surface area contributed by atoms with Gasteiger partial charge in [0.25, 0.3) is 12.3 Å². The first-order valence-corrected chi connectivity index (χ1v) is 21.9. The fourth-order valence-corrected chi connectivity index (χ4v) is 9.69. The number of halogens is 2. The molecule has 6 heterocycles. The van der Waals surface area contributed by atoms with Gasteiger partial charge >= 0.3 is 5.69 Å². The Labute approximate surface area is 357 Å². The number of piperidine rings is 2. The van der Waals surface area contributed by atoms with Gasteiger partial charge in [0.2, 0.25) is 11.8 Å². The Hall–Kier alpha value is -5.46. The third-order valence-corrected chi connectivity index (χ3v) is 13.4. The van der Waals surface area contributed by atoms with Crippen molar-refractivity contribution in [3.05, 3.63) is 76.4 Å². The van der Waals surface area contributed by atoms with Gasteiger partial charge in [-0.15, -0.1) is 0 Å². The zero-order chi connectivity index (χ0) is 43.1. The Morgan fingerprint density at radius 1 is 1.05 bits per heavy atom. The number of aryl methyl sites for hydroxylation is 1. The Morgan fingerprint density at radius 2 is 1.82 bits per heavy atom. The molecule has 2 amide bonds. The zero-order valence-electron chi connectivity index (χ0n) is 35.2. The lowest BCUT2D eigenvalue weighted by atomic mass is 9.85. The van der Waals surface area contributed by atoms with E-state index >= 15 is 0 Å².